The first kappa shape index (κ1) is 23.0. The van der Waals surface area contributed by atoms with Crippen LogP contribution in [0.1, 0.15) is 22.4 Å². The zero-order valence-electron chi connectivity index (χ0n) is 17.9. The lowest BCUT2D eigenvalue weighted by molar-refractivity contribution is -0.177. The quantitative estimate of drug-likeness (QED) is 0.348. The molecule has 0 bridgehead atoms. The molecule has 3 rings (SSSR count). The first-order valence-corrected chi connectivity index (χ1v) is 10.5. The third-order valence-corrected chi connectivity index (χ3v) is 4.73. The first-order chi connectivity index (χ1) is 15.7. The van der Waals surface area contributed by atoms with Crippen LogP contribution >= 0.6 is 0 Å². The Morgan fingerprint density at radius 3 is 2.19 bits per heavy atom. The third kappa shape index (κ3) is 8.20. The van der Waals surface area contributed by atoms with Crippen molar-refractivity contribution < 1.29 is 19.2 Å². The molecular formula is C25H27N3O4. The lowest BCUT2D eigenvalue weighted by Gasteiger charge is -2.17. The number of amides is 2. The molecule has 2 aromatic carbocycles. The fourth-order valence-electron chi connectivity index (χ4n) is 2.94. The fraction of sp³-hybridized carbons (Fsp3) is 0.240. The molecule has 7 nitrogen and oxygen atoms in total. The zero-order valence-corrected chi connectivity index (χ0v) is 17.9. The van der Waals surface area contributed by atoms with Crippen LogP contribution in [0.5, 0.6) is 0 Å². The van der Waals surface area contributed by atoms with Crippen molar-refractivity contribution in [2.24, 2.45) is 0 Å². The van der Waals surface area contributed by atoms with Gasteiger partial charge in [-0.05, 0) is 29.2 Å². The second-order valence-electron chi connectivity index (χ2n) is 7.15. The highest BCUT2D eigenvalue weighted by Crippen LogP contribution is 2.06. The summed E-state index contributed by atoms with van der Waals surface area (Å²) in [5.74, 6) is 0. The van der Waals surface area contributed by atoms with Gasteiger partial charge in [0, 0.05) is 24.9 Å². The fourth-order valence-corrected chi connectivity index (χ4v) is 2.94. The first-order valence-electron chi connectivity index (χ1n) is 10.5. The molecule has 0 saturated carbocycles. The molecule has 0 aliphatic carbocycles. The normalized spacial score (nSPS) is 10.4. The van der Waals surface area contributed by atoms with Gasteiger partial charge < -0.3 is 10.1 Å². The SMILES string of the molecule is O=CN(CCc1ccc(CCNC(=O)OCc2ccccc2)nc1)OCc1ccccc1. The van der Waals surface area contributed by atoms with Crippen molar-refractivity contribution in [3.8, 4) is 0 Å². The standard InChI is InChI=1S/C25H27N3O4/c29-20-28(32-19-23-9-5-2-6-10-23)16-14-21-11-12-24(27-17-21)13-15-26-25(30)31-18-22-7-3-1-4-8-22/h1-12,17,20H,13-16,18-19H2,(H,26,30). The number of rotatable bonds is 12. The molecule has 0 fully saturated rings. The zero-order chi connectivity index (χ0) is 22.4. The van der Waals surface area contributed by atoms with Crippen LogP contribution in [0, 0.1) is 0 Å². The Kier molecular flexibility index (Phi) is 9.23. The summed E-state index contributed by atoms with van der Waals surface area (Å²) in [4.78, 5) is 33.0. The van der Waals surface area contributed by atoms with Crippen LogP contribution < -0.4 is 5.32 Å². The molecule has 0 atom stereocenters. The van der Waals surface area contributed by atoms with Crippen LogP contribution in [0.3, 0.4) is 0 Å². The maximum Gasteiger partial charge on any atom is 0.407 e. The molecule has 32 heavy (non-hydrogen) atoms. The number of carbonyl (C=O) groups is 2. The molecule has 0 radical (unpaired) electrons. The van der Waals surface area contributed by atoms with Crippen molar-refractivity contribution in [1.29, 1.82) is 0 Å². The molecule has 7 heteroatoms. The highest BCUT2D eigenvalue weighted by molar-refractivity contribution is 5.67. The molecular weight excluding hydrogens is 406 g/mol. The maximum absolute atomic E-state index is 11.8. The van der Waals surface area contributed by atoms with Crippen molar-refractivity contribution in [3.05, 3.63) is 101 Å². The van der Waals surface area contributed by atoms with Crippen molar-refractivity contribution in [1.82, 2.24) is 15.4 Å². The predicted octanol–water partition coefficient (Wildman–Crippen LogP) is 3.68. The lowest BCUT2D eigenvalue weighted by Crippen LogP contribution is -2.26. The van der Waals surface area contributed by atoms with Gasteiger partial charge in [-0.2, -0.15) is 0 Å². The van der Waals surface area contributed by atoms with E-state index >= 15 is 0 Å². The van der Waals surface area contributed by atoms with Gasteiger partial charge in [0.2, 0.25) is 6.41 Å². The summed E-state index contributed by atoms with van der Waals surface area (Å²) >= 11 is 0. The number of pyridine rings is 1. The summed E-state index contributed by atoms with van der Waals surface area (Å²) in [5.41, 5.74) is 3.81. The van der Waals surface area contributed by atoms with Gasteiger partial charge >= 0.3 is 6.09 Å². The van der Waals surface area contributed by atoms with Gasteiger partial charge in [0.05, 0.1) is 6.54 Å². The Morgan fingerprint density at radius 2 is 1.56 bits per heavy atom. The molecule has 2 amide bonds. The van der Waals surface area contributed by atoms with Crippen LogP contribution in [-0.4, -0.2) is 35.6 Å². The van der Waals surface area contributed by atoms with Crippen molar-refractivity contribution in [2.75, 3.05) is 13.1 Å². The van der Waals surface area contributed by atoms with Crippen molar-refractivity contribution >= 4 is 12.5 Å². The average Bonchev–Trinajstić information content (AvgIpc) is 2.85. The Morgan fingerprint density at radius 1 is 0.875 bits per heavy atom. The molecule has 1 N–H and O–H groups in total. The van der Waals surface area contributed by atoms with E-state index in [1.54, 1.807) is 6.20 Å². The minimum Gasteiger partial charge on any atom is -0.445 e. The summed E-state index contributed by atoms with van der Waals surface area (Å²) in [5, 5.41) is 4.03. The highest BCUT2D eigenvalue weighted by Gasteiger charge is 2.06. The van der Waals surface area contributed by atoms with Gasteiger partial charge in [-0.3, -0.25) is 14.6 Å². The number of hydrogen-bond donors (Lipinski definition) is 1. The molecule has 0 aliphatic rings. The molecule has 0 unspecified atom stereocenters. The van der Waals surface area contributed by atoms with Crippen LogP contribution in [0.25, 0.3) is 0 Å². The summed E-state index contributed by atoms with van der Waals surface area (Å²) in [7, 11) is 0. The summed E-state index contributed by atoms with van der Waals surface area (Å²) in [6.07, 6.45) is 3.25. The van der Waals surface area contributed by atoms with Gasteiger partial charge in [0.15, 0.2) is 0 Å². The topological polar surface area (TPSA) is 80.8 Å². The number of nitrogens with one attached hydrogen (secondary N) is 1. The largest absolute Gasteiger partial charge is 0.445 e. The average molecular weight is 434 g/mol. The van der Waals surface area contributed by atoms with E-state index in [0.29, 0.717) is 38.9 Å². The molecule has 0 aliphatic heterocycles. The van der Waals surface area contributed by atoms with E-state index in [1.165, 1.54) is 5.06 Å². The number of alkyl carbamates (subject to hydrolysis) is 1. The molecule has 1 heterocycles. The Hall–Kier alpha value is -3.71. The highest BCUT2D eigenvalue weighted by atomic mass is 16.7. The Balaban J connectivity index is 1.33. The van der Waals surface area contributed by atoms with Crippen molar-refractivity contribution in [3.63, 3.8) is 0 Å². The smallest absolute Gasteiger partial charge is 0.407 e. The maximum atomic E-state index is 11.8. The minimum atomic E-state index is -0.449. The second-order valence-corrected chi connectivity index (χ2v) is 7.15. The van der Waals surface area contributed by atoms with Crippen molar-refractivity contribution in [2.45, 2.75) is 26.1 Å². The van der Waals surface area contributed by atoms with Gasteiger partial charge in [-0.15, -0.1) is 0 Å². The number of carbonyl (C=O) groups excluding carboxylic acids is 2. The predicted molar refractivity (Wildman–Crippen MR) is 120 cm³/mol. The summed E-state index contributed by atoms with van der Waals surface area (Å²) < 4.78 is 5.18. The third-order valence-electron chi connectivity index (χ3n) is 4.73. The van der Waals surface area contributed by atoms with E-state index < -0.39 is 6.09 Å². The van der Waals surface area contributed by atoms with Gasteiger partial charge in [0.25, 0.3) is 0 Å². The second kappa shape index (κ2) is 12.9. The van der Waals surface area contributed by atoms with E-state index in [1.807, 2.05) is 72.8 Å². The number of ether oxygens (including phenoxy) is 1. The lowest BCUT2D eigenvalue weighted by atomic mass is 10.2. The van der Waals surface area contributed by atoms with E-state index in [2.05, 4.69) is 10.3 Å². The van der Waals surface area contributed by atoms with E-state index in [-0.39, 0.29) is 6.61 Å². The number of benzene rings is 2. The van der Waals surface area contributed by atoms with Crippen LogP contribution in [0.4, 0.5) is 4.79 Å². The molecule has 0 saturated heterocycles. The molecule has 3 aromatic rings. The van der Waals surface area contributed by atoms with E-state index in [0.717, 1.165) is 22.4 Å². The number of hydrogen-bond acceptors (Lipinski definition) is 5. The number of hydroxylamine groups is 2. The van der Waals surface area contributed by atoms with Gasteiger partial charge in [0.1, 0.15) is 13.2 Å². The Labute approximate surface area is 187 Å². The molecule has 1 aromatic heterocycles. The van der Waals surface area contributed by atoms with E-state index in [4.69, 9.17) is 9.57 Å². The van der Waals surface area contributed by atoms with E-state index in [9.17, 15) is 9.59 Å². The summed E-state index contributed by atoms with van der Waals surface area (Å²) in [6.45, 7) is 1.46. The number of aromatic nitrogens is 1. The Bertz CT molecular complexity index is 950. The number of nitrogens with zero attached hydrogens (tertiary/aromatic N) is 2. The van der Waals surface area contributed by atoms with Crippen LogP contribution in [0.2, 0.25) is 0 Å². The van der Waals surface area contributed by atoms with Crippen LogP contribution in [-0.2, 0) is 40.4 Å². The minimum absolute atomic E-state index is 0.243. The van der Waals surface area contributed by atoms with Gasteiger partial charge in [-0.25, -0.2) is 9.86 Å². The monoisotopic (exact) mass is 433 g/mol. The van der Waals surface area contributed by atoms with Gasteiger partial charge in [-0.1, -0.05) is 66.7 Å². The molecule has 166 valence electrons. The summed E-state index contributed by atoms with van der Waals surface area (Å²) in [6, 6.07) is 23.1. The molecule has 0 spiro atoms. The van der Waals surface area contributed by atoms with Crippen LogP contribution in [0.15, 0.2) is 79.0 Å².